The molecule has 1 aliphatic heterocycles. The Morgan fingerprint density at radius 2 is 1.92 bits per heavy atom. The topological polar surface area (TPSA) is 47.9 Å². The van der Waals surface area contributed by atoms with Crippen molar-refractivity contribution < 1.29 is 14.3 Å². The third-order valence-corrected chi connectivity index (χ3v) is 5.51. The number of amides is 1. The van der Waals surface area contributed by atoms with Crippen LogP contribution in [0.1, 0.15) is 23.6 Å². The molecule has 0 unspecified atom stereocenters. The van der Waals surface area contributed by atoms with Gasteiger partial charge in [0.1, 0.15) is 5.04 Å². The molecule has 0 spiro atoms. The van der Waals surface area contributed by atoms with E-state index in [4.69, 9.17) is 9.47 Å². The van der Waals surface area contributed by atoms with Crippen molar-refractivity contribution in [2.75, 3.05) is 13.7 Å². The smallest absolute Gasteiger partial charge is 0.284 e. The van der Waals surface area contributed by atoms with Crippen molar-refractivity contribution in [2.24, 2.45) is 4.99 Å². The zero-order valence-corrected chi connectivity index (χ0v) is 17.1. The van der Waals surface area contributed by atoms with Crippen LogP contribution in [0.4, 0.5) is 0 Å². The van der Waals surface area contributed by atoms with Gasteiger partial charge >= 0.3 is 0 Å². The Morgan fingerprint density at radius 1 is 1.19 bits per heavy atom. The Hall–Kier alpha value is -2.05. The van der Waals surface area contributed by atoms with Gasteiger partial charge in [-0.2, -0.15) is 0 Å². The fraction of sp³-hybridized carbons (Fsp3) is 0.200. The SMILES string of the molecule is CCOc1cc(/C=C2/SC(c3ccc(C)cc3)=NC2=O)c(Br)cc1OC. The van der Waals surface area contributed by atoms with Gasteiger partial charge in [-0.05, 0) is 37.6 Å². The van der Waals surface area contributed by atoms with Crippen molar-refractivity contribution in [1.29, 1.82) is 0 Å². The molecule has 4 nitrogen and oxygen atoms in total. The summed E-state index contributed by atoms with van der Waals surface area (Å²) >= 11 is 4.91. The first-order chi connectivity index (χ1) is 12.5. The third kappa shape index (κ3) is 4.02. The number of halogens is 1. The van der Waals surface area contributed by atoms with Gasteiger partial charge in [-0.1, -0.05) is 57.5 Å². The Bertz CT molecular complexity index is 904. The van der Waals surface area contributed by atoms with E-state index in [-0.39, 0.29) is 5.91 Å². The first-order valence-electron chi connectivity index (χ1n) is 8.11. The summed E-state index contributed by atoms with van der Waals surface area (Å²) in [6.45, 7) is 4.47. The van der Waals surface area contributed by atoms with E-state index < -0.39 is 0 Å². The molecule has 1 aliphatic rings. The highest BCUT2D eigenvalue weighted by molar-refractivity contribution is 9.10. The lowest BCUT2D eigenvalue weighted by molar-refractivity contribution is -0.113. The largest absolute Gasteiger partial charge is 0.493 e. The van der Waals surface area contributed by atoms with Crippen LogP contribution in [0.25, 0.3) is 6.08 Å². The molecule has 0 saturated carbocycles. The van der Waals surface area contributed by atoms with Crippen LogP contribution in [0, 0.1) is 6.92 Å². The van der Waals surface area contributed by atoms with Crippen LogP contribution in [-0.4, -0.2) is 24.7 Å². The van der Waals surface area contributed by atoms with E-state index in [1.165, 1.54) is 17.3 Å². The third-order valence-electron chi connectivity index (χ3n) is 3.79. The molecule has 2 aromatic carbocycles. The average molecular weight is 432 g/mol. The number of carbonyl (C=O) groups is 1. The van der Waals surface area contributed by atoms with Crippen molar-refractivity contribution in [3.8, 4) is 11.5 Å². The summed E-state index contributed by atoms with van der Waals surface area (Å²) in [5.74, 6) is 1.05. The van der Waals surface area contributed by atoms with E-state index in [0.717, 1.165) is 20.6 Å². The van der Waals surface area contributed by atoms with Gasteiger partial charge in [0.2, 0.25) is 0 Å². The van der Waals surface area contributed by atoms with Gasteiger partial charge in [0.25, 0.3) is 5.91 Å². The van der Waals surface area contributed by atoms with E-state index in [1.54, 1.807) is 7.11 Å². The summed E-state index contributed by atoms with van der Waals surface area (Å²) in [4.78, 5) is 17.1. The molecule has 0 atom stereocenters. The van der Waals surface area contributed by atoms with Crippen LogP contribution in [0.5, 0.6) is 11.5 Å². The standard InChI is InChI=1S/C20H18BrNO3S/c1-4-25-17-9-14(15(21)11-16(17)24-3)10-18-19(23)22-20(26-18)13-7-5-12(2)6-8-13/h5-11H,4H2,1-3H3/b18-10+. The molecule has 0 fully saturated rings. The second-order valence-corrected chi connectivity index (χ2v) is 7.54. The summed E-state index contributed by atoms with van der Waals surface area (Å²) in [6, 6.07) is 11.7. The predicted molar refractivity (Wildman–Crippen MR) is 110 cm³/mol. The number of benzene rings is 2. The quantitative estimate of drug-likeness (QED) is 0.608. The van der Waals surface area contributed by atoms with Crippen molar-refractivity contribution in [2.45, 2.75) is 13.8 Å². The Balaban J connectivity index is 1.90. The van der Waals surface area contributed by atoms with Gasteiger partial charge in [0.05, 0.1) is 18.6 Å². The molecule has 3 rings (SSSR count). The molecule has 0 aliphatic carbocycles. The number of hydrogen-bond acceptors (Lipinski definition) is 4. The minimum absolute atomic E-state index is 0.230. The lowest BCUT2D eigenvalue weighted by atomic mass is 10.2. The summed E-state index contributed by atoms with van der Waals surface area (Å²) < 4.78 is 11.8. The summed E-state index contributed by atoms with van der Waals surface area (Å²) in [7, 11) is 1.60. The highest BCUT2D eigenvalue weighted by atomic mass is 79.9. The number of rotatable bonds is 5. The summed E-state index contributed by atoms with van der Waals surface area (Å²) in [6.07, 6.45) is 1.82. The molecule has 1 amide bonds. The Kier molecular flexibility index (Phi) is 5.84. The van der Waals surface area contributed by atoms with Gasteiger partial charge < -0.3 is 9.47 Å². The number of methoxy groups -OCH3 is 1. The van der Waals surface area contributed by atoms with Crippen LogP contribution < -0.4 is 9.47 Å². The van der Waals surface area contributed by atoms with Crippen LogP contribution in [0.2, 0.25) is 0 Å². The van der Waals surface area contributed by atoms with E-state index in [2.05, 4.69) is 20.9 Å². The van der Waals surface area contributed by atoms with E-state index >= 15 is 0 Å². The highest BCUT2D eigenvalue weighted by Gasteiger charge is 2.23. The van der Waals surface area contributed by atoms with Gasteiger partial charge in [0.15, 0.2) is 11.5 Å². The van der Waals surface area contributed by atoms with E-state index in [9.17, 15) is 4.79 Å². The van der Waals surface area contributed by atoms with Crippen molar-refractivity contribution >= 4 is 44.7 Å². The maximum atomic E-state index is 12.3. The zero-order chi connectivity index (χ0) is 18.7. The van der Waals surface area contributed by atoms with Crippen LogP contribution in [0.3, 0.4) is 0 Å². The molecule has 0 N–H and O–H groups in total. The molecule has 2 aromatic rings. The van der Waals surface area contributed by atoms with Crippen molar-refractivity contribution in [3.63, 3.8) is 0 Å². The summed E-state index contributed by atoms with van der Waals surface area (Å²) in [5.41, 5.74) is 2.96. The van der Waals surface area contributed by atoms with Gasteiger partial charge in [-0.25, -0.2) is 4.99 Å². The van der Waals surface area contributed by atoms with E-state index in [0.29, 0.717) is 23.0 Å². The van der Waals surface area contributed by atoms with E-state index in [1.807, 2.05) is 56.3 Å². The number of ether oxygens (including phenoxy) is 2. The second-order valence-electron chi connectivity index (χ2n) is 5.66. The number of aryl methyl sites for hydroxylation is 1. The lowest BCUT2D eigenvalue weighted by Crippen LogP contribution is -1.97. The number of hydrogen-bond donors (Lipinski definition) is 0. The number of nitrogens with zero attached hydrogens (tertiary/aromatic N) is 1. The minimum atomic E-state index is -0.230. The molecule has 6 heteroatoms. The van der Waals surface area contributed by atoms with Gasteiger partial charge in [0, 0.05) is 10.0 Å². The van der Waals surface area contributed by atoms with Crippen LogP contribution in [0.15, 0.2) is 50.8 Å². The fourth-order valence-corrected chi connectivity index (χ4v) is 3.81. The monoisotopic (exact) mass is 431 g/mol. The maximum Gasteiger partial charge on any atom is 0.284 e. The molecule has 0 radical (unpaired) electrons. The average Bonchev–Trinajstić information content (AvgIpc) is 2.99. The van der Waals surface area contributed by atoms with Crippen molar-refractivity contribution in [1.82, 2.24) is 0 Å². The van der Waals surface area contributed by atoms with Crippen molar-refractivity contribution in [3.05, 3.63) is 62.5 Å². The Morgan fingerprint density at radius 3 is 2.58 bits per heavy atom. The highest BCUT2D eigenvalue weighted by Crippen LogP contribution is 2.37. The first-order valence-corrected chi connectivity index (χ1v) is 9.72. The van der Waals surface area contributed by atoms with Crippen LogP contribution in [-0.2, 0) is 4.79 Å². The molecule has 26 heavy (non-hydrogen) atoms. The molecule has 134 valence electrons. The minimum Gasteiger partial charge on any atom is -0.493 e. The van der Waals surface area contributed by atoms with Gasteiger partial charge in [-0.3, -0.25) is 4.79 Å². The second kappa shape index (κ2) is 8.10. The number of carbonyl (C=O) groups excluding carboxylic acids is 1. The Labute approximate surface area is 165 Å². The molecular formula is C20H18BrNO3S. The summed E-state index contributed by atoms with van der Waals surface area (Å²) in [5, 5.41) is 0.718. The first kappa shape index (κ1) is 18.7. The normalized spacial score (nSPS) is 15.3. The molecular weight excluding hydrogens is 414 g/mol. The lowest BCUT2D eigenvalue weighted by Gasteiger charge is -2.11. The molecule has 1 heterocycles. The molecule has 0 aromatic heterocycles. The fourth-order valence-electron chi connectivity index (χ4n) is 2.46. The number of aliphatic imine (C=N–C) groups is 1. The molecule has 0 bridgehead atoms. The number of thioether (sulfide) groups is 1. The van der Waals surface area contributed by atoms with Gasteiger partial charge in [-0.15, -0.1) is 0 Å². The zero-order valence-electron chi connectivity index (χ0n) is 14.7. The molecule has 0 saturated heterocycles. The maximum absolute atomic E-state index is 12.3. The predicted octanol–water partition coefficient (Wildman–Crippen LogP) is 5.23. The van der Waals surface area contributed by atoms with Crippen LogP contribution >= 0.6 is 27.7 Å².